The Morgan fingerprint density at radius 2 is 2.16 bits per heavy atom. The van der Waals surface area contributed by atoms with Crippen LogP contribution >= 0.6 is 11.6 Å². The second kappa shape index (κ2) is 6.15. The number of alkyl halides is 1. The zero-order valence-corrected chi connectivity index (χ0v) is 10.7. The van der Waals surface area contributed by atoms with Crippen LogP contribution in [0.25, 0.3) is 0 Å². The van der Waals surface area contributed by atoms with E-state index in [4.69, 9.17) is 16.3 Å². The van der Waals surface area contributed by atoms with Gasteiger partial charge in [0.25, 0.3) is 0 Å². The van der Waals surface area contributed by atoms with E-state index in [0.29, 0.717) is 5.56 Å². The first-order chi connectivity index (χ1) is 9.20. The van der Waals surface area contributed by atoms with E-state index in [9.17, 15) is 10.1 Å². The van der Waals surface area contributed by atoms with Gasteiger partial charge in [-0.25, -0.2) is 0 Å². The fourth-order valence-corrected chi connectivity index (χ4v) is 1.72. The smallest absolute Gasteiger partial charge is 0.311 e. The molecule has 0 unspecified atom stereocenters. The normalized spacial score (nSPS) is 10.2. The minimum absolute atomic E-state index is 0.0814. The summed E-state index contributed by atoms with van der Waals surface area (Å²) in [6, 6.07) is 8.31. The lowest BCUT2D eigenvalue weighted by Crippen LogP contribution is -2.00. The van der Waals surface area contributed by atoms with Crippen LogP contribution in [0.3, 0.4) is 0 Å². The molecule has 1 heterocycles. The van der Waals surface area contributed by atoms with Gasteiger partial charge in [-0.15, -0.1) is 11.6 Å². The molecule has 2 aromatic rings. The van der Waals surface area contributed by atoms with Crippen molar-refractivity contribution >= 4 is 17.3 Å². The van der Waals surface area contributed by atoms with Gasteiger partial charge in [-0.2, -0.15) is 0 Å². The number of nitro benzene ring substituents is 1. The van der Waals surface area contributed by atoms with E-state index in [1.807, 2.05) is 6.07 Å². The minimum Gasteiger partial charge on any atom is -0.482 e. The van der Waals surface area contributed by atoms with Crippen LogP contribution in [0.15, 0.2) is 42.7 Å². The number of aromatic nitrogens is 1. The van der Waals surface area contributed by atoms with Crippen molar-refractivity contribution in [2.24, 2.45) is 0 Å². The lowest BCUT2D eigenvalue weighted by molar-refractivity contribution is -0.386. The van der Waals surface area contributed by atoms with E-state index in [2.05, 4.69) is 4.98 Å². The molecule has 6 heteroatoms. The number of ether oxygens (including phenoxy) is 1. The molecule has 0 aliphatic heterocycles. The van der Waals surface area contributed by atoms with Crippen molar-refractivity contribution in [3.05, 3.63) is 64.0 Å². The highest BCUT2D eigenvalue weighted by Crippen LogP contribution is 2.29. The zero-order chi connectivity index (χ0) is 13.7. The maximum absolute atomic E-state index is 11.0. The summed E-state index contributed by atoms with van der Waals surface area (Å²) < 4.78 is 5.46. The van der Waals surface area contributed by atoms with E-state index in [1.165, 1.54) is 6.07 Å². The molecule has 0 aliphatic carbocycles. The van der Waals surface area contributed by atoms with Crippen LogP contribution in [0, 0.1) is 10.1 Å². The fourth-order valence-electron chi connectivity index (χ4n) is 1.56. The van der Waals surface area contributed by atoms with Gasteiger partial charge in [0.1, 0.15) is 6.61 Å². The van der Waals surface area contributed by atoms with Crippen molar-refractivity contribution in [3.8, 4) is 5.75 Å². The monoisotopic (exact) mass is 278 g/mol. The maximum atomic E-state index is 11.0. The van der Waals surface area contributed by atoms with Crippen LogP contribution in [-0.2, 0) is 12.5 Å². The van der Waals surface area contributed by atoms with Gasteiger partial charge in [-0.05, 0) is 17.7 Å². The number of rotatable bonds is 5. The molecule has 19 heavy (non-hydrogen) atoms. The number of hydrogen-bond acceptors (Lipinski definition) is 4. The fraction of sp³-hybridized carbons (Fsp3) is 0.154. The van der Waals surface area contributed by atoms with Gasteiger partial charge in [0, 0.05) is 29.9 Å². The van der Waals surface area contributed by atoms with Gasteiger partial charge in [0.05, 0.1) is 4.92 Å². The Labute approximate surface area is 115 Å². The molecule has 1 aromatic carbocycles. The molecule has 0 N–H and O–H groups in total. The Balaban J connectivity index is 2.18. The first-order valence-electron chi connectivity index (χ1n) is 5.55. The molecule has 0 bridgehead atoms. The summed E-state index contributed by atoms with van der Waals surface area (Å²) in [6.45, 7) is 0.231. The van der Waals surface area contributed by atoms with Crippen LogP contribution in [0.2, 0.25) is 0 Å². The van der Waals surface area contributed by atoms with Crippen LogP contribution in [-0.4, -0.2) is 9.91 Å². The van der Waals surface area contributed by atoms with Crippen molar-refractivity contribution in [1.82, 2.24) is 4.98 Å². The number of nitro groups is 1. The number of hydrogen-bond donors (Lipinski definition) is 0. The van der Waals surface area contributed by atoms with Crippen molar-refractivity contribution in [3.63, 3.8) is 0 Å². The van der Waals surface area contributed by atoms with Gasteiger partial charge in [-0.1, -0.05) is 12.1 Å². The summed E-state index contributed by atoms with van der Waals surface area (Å²) in [5.74, 6) is 0.451. The predicted molar refractivity (Wildman–Crippen MR) is 71.2 cm³/mol. The highest BCUT2D eigenvalue weighted by molar-refractivity contribution is 6.17. The van der Waals surface area contributed by atoms with Gasteiger partial charge in [0.15, 0.2) is 5.75 Å². The van der Waals surface area contributed by atoms with Gasteiger partial charge in [0.2, 0.25) is 0 Å². The summed E-state index contributed by atoms with van der Waals surface area (Å²) in [4.78, 5) is 14.4. The van der Waals surface area contributed by atoms with Crippen LogP contribution < -0.4 is 4.74 Å². The molecule has 0 saturated carbocycles. The van der Waals surface area contributed by atoms with Crippen molar-refractivity contribution in [1.29, 1.82) is 0 Å². The Hall–Kier alpha value is -2.14. The van der Waals surface area contributed by atoms with Crippen LogP contribution in [0.1, 0.15) is 11.1 Å². The molecular formula is C13H11ClN2O3. The van der Waals surface area contributed by atoms with E-state index in [0.717, 1.165) is 5.56 Å². The molecular weight excluding hydrogens is 268 g/mol. The Bertz CT molecular complexity index is 575. The second-order valence-electron chi connectivity index (χ2n) is 3.84. The maximum Gasteiger partial charge on any atom is 0.311 e. The van der Waals surface area contributed by atoms with E-state index in [1.54, 1.807) is 30.6 Å². The largest absolute Gasteiger partial charge is 0.482 e. The van der Waals surface area contributed by atoms with Crippen LogP contribution in [0.5, 0.6) is 5.75 Å². The first-order valence-corrected chi connectivity index (χ1v) is 6.09. The molecule has 0 radical (unpaired) electrons. The second-order valence-corrected chi connectivity index (χ2v) is 4.11. The van der Waals surface area contributed by atoms with Gasteiger partial charge in [-0.3, -0.25) is 15.1 Å². The molecule has 0 spiro atoms. The standard InChI is InChI=1S/C13H11ClN2O3/c14-7-10-3-4-13(12(6-10)16(17)18)19-9-11-2-1-5-15-8-11/h1-6,8H,7,9H2. The number of pyridine rings is 1. The van der Waals surface area contributed by atoms with E-state index in [-0.39, 0.29) is 23.9 Å². The molecule has 0 saturated heterocycles. The third kappa shape index (κ3) is 3.42. The van der Waals surface area contributed by atoms with Crippen LogP contribution in [0.4, 0.5) is 5.69 Å². The molecule has 0 amide bonds. The summed E-state index contributed by atoms with van der Waals surface area (Å²) in [6.07, 6.45) is 3.31. The highest BCUT2D eigenvalue weighted by Gasteiger charge is 2.15. The first kappa shape index (κ1) is 13.3. The summed E-state index contributed by atoms with van der Waals surface area (Å²) in [5.41, 5.74) is 1.45. The highest BCUT2D eigenvalue weighted by atomic mass is 35.5. The molecule has 0 aliphatic rings. The van der Waals surface area contributed by atoms with Gasteiger partial charge < -0.3 is 4.74 Å². The van der Waals surface area contributed by atoms with E-state index < -0.39 is 4.92 Å². The SMILES string of the molecule is O=[N+]([O-])c1cc(CCl)ccc1OCc1cccnc1. The molecule has 0 fully saturated rings. The molecule has 5 nitrogen and oxygen atoms in total. The number of halogens is 1. The lowest BCUT2D eigenvalue weighted by atomic mass is 10.2. The van der Waals surface area contributed by atoms with Crippen molar-refractivity contribution < 1.29 is 9.66 Å². The third-order valence-electron chi connectivity index (χ3n) is 2.49. The zero-order valence-electron chi connectivity index (χ0n) is 9.95. The Morgan fingerprint density at radius 3 is 2.79 bits per heavy atom. The topological polar surface area (TPSA) is 65.3 Å². The molecule has 2 rings (SSSR count). The predicted octanol–water partition coefficient (Wildman–Crippen LogP) is 3.31. The molecule has 98 valence electrons. The average molecular weight is 279 g/mol. The van der Waals surface area contributed by atoms with Crippen molar-refractivity contribution in [2.75, 3.05) is 0 Å². The number of nitrogens with zero attached hydrogens (tertiary/aromatic N) is 2. The average Bonchev–Trinajstić information content (AvgIpc) is 2.46. The Kier molecular flexibility index (Phi) is 4.30. The van der Waals surface area contributed by atoms with Crippen molar-refractivity contribution in [2.45, 2.75) is 12.5 Å². The quantitative estimate of drug-likeness (QED) is 0.478. The molecule has 0 atom stereocenters. The number of benzene rings is 1. The summed E-state index contributed by atoms with van der Waals surface area (Å²) >= 11 is 5.66. The third-order valence-corrected chi connectivity index (χ3v) is 2.80. The lowest BCUT2D eigenvalue weighted by Gasteiger charge is -2.07. The Morgan fingerprint density at radius 1 is 1.32 bits per heavy atom. The van der Waals surface area contributed by atoms with Gasteiger partial charge >= 0.3 is 5.69 Å². The van der Waals surface area contributed by atoms with E-state index >= 15 is 0 Å². The molecule has 1 aromatic heterocycles. The summed E-state index contributed by atoms with van der Waals surface area (Å²) in [7, 11) is 0. The minimum atomic E-state index is -0.478. The summed E-state index contributed by atoms with van der Waals surface area (Å²) in [5, 5.41) is 11.0.